The molecule has 30 heavy (non-hydrogen) atoms. The minimum atomic E-state index is 0.332. The Morgan fingerprint density at radius 2 is 1.37 bits per heavy atom. The highest BCUT2D eigenvalue weighted by Gasteiger charge is 2.30. The van der Waals surface area contributed by atoms with Crippen LogP contribution in [0.1, 0.15) is 29.5 Å². The van der Waals surface area contributed by atoms with Crippen molar-refractivity contribution in [1.82, 2.24) is 0 Å². The van der Waals surface area contributed by atoms with Crippen LogP contribution in [0.4, 0.5) is 17.1 Å². The van der Waals surface area contributed by atoms with Crippen molar-refractivity contribution in [2.45, 2.75) is 19.8 Å². The molecule has 148 valence electrons. The van der Waals surface area contributed by atoms with Crippen molar-refractivity contribution < 1.29 is 4.74 Å². The molecule has 0 saturated carbocycles. The van der Waals surface area contributed by atoms with E-state index in [0.29, 0.717) is 5.92 Å². The minimum Gasteiger partial charge on any atom is -0.496 e. The van der Waals surface area contributed by atoms with E-state index < -0.39 is 0 Å². The molecule has 0 radical (unpaired) electrons. The number of anilines is 3. The first kappa shape index (κ1) is 18.5. The molecule has 4 aromatic rings. The lowest BCUT2D eigenvalue weighted by molar-refractivity contribution is 0.416. The fourth-order valence-electron chi connectivity index (χ4n) is 4.74. The molecule has 1 aliphatic rings. The summed E-state index contributed by atoms with van der Waals surface area (Å²) in [6.07, 6.45) is 0. The summed E-state index contributed by atoms with van der Waals surface area (Å²) in [5.41, 5.74) is 10.1. The van der Waals surface area contributed by atoms with Crippen molar-refractivity contribution in [2.75, 3.05) is 12.0 Å². The quantitative estimate of drug-likeness (QED) is 0.355. The summed E-state index contributed by atoms with van der Waals surface area (Å²) in [5.74, 6) is 1.29. The maximum Gasteiger partial charge on any atom is 0.127 e. The zero-order valence-corrected chi connectivity index (χ0v) is 17.6. The highest BCUT2D eigenvalue weighted by molar-refractivity contribution is 5.87. The third-order valence-electron chi connectivity index (χ3n) is 6.14. The van der Waals surface area contributed by atoms with Crippen molar-refractivity contribution in [2.24, 2.45) is 0 Å². The van der Waals surface area contributed by atoms with E-state index in [1.807, 2.05) is 0 Å². The van der Waals surface area contributed by atoms with E-state index in [4.69, 9.17) is 4.74 Å². The predicted molar refractivity (Wildman–Crippen MR) is 125 cm³/mol. The Hall–Kier alpha value is -3.52. The molecule has 0 aliphatic heterocycles. The summed E-state index contributed by atoms with van der Waals surface area (Å²) < 4.78 is 5.72. The van der Waals surface area contributed by atoms with E-state index in [9.17, 15) is 0 Å². The van der Waals surface area contributed by atoms with Gasteiger partial charge in [-0.15, -0.1) is 0 Å². The fraction of sp³-hybridized carbons (Fsp3) is 0.143. The van der Waals surface area contributed by atoms with Crippen molar-refractivity contribution in [3.05, 3.63) is 108 Å². The molecule has 0 fully saturated rings. The van der Waals surface area contributed by atoms with Crippen LogP contribution in [0.5, 0.6) is 5.75 Å². The molecule has 4 aromatic carbocycles. The van der Waals surface area contributed by atoms with Crippen LogP contribution in [-0.4, -0.2) is 7.11 Å². The van der Waals surface area contributed by atoms with Crippen LogP contribution >= 0.6 is 0 Å². The number of hydrogen-bond acceptors (Lipinski definition) is 2. The number of benzene rings is 4. The molecule has 0 N–H and O–H groups in total. The Morgan fingerprint density at radius 1 is 0.733 bits per heavy atom. The van der Waals surface area contributed by atoms with Crippen molar-refractivity contribution in [3.63, 3.8) is 0 Å². The van der Waals surface area contributed by atoms with Gasteiger partial charge in [-0.1, -0.05) is 55.5 Å². The van der Waals surface area contributed by atoms with Gasteiger partial charge in [0.15, 0.2) is 0 Å². The van der Waals surface area contributed by atoms with Crippen molar-refractivity contribution in [3.8, 4) is 16.9 Å². The molecule has 0 aromatic heterocycles. The number of methoxy groups -OCH3 is 1. The average molecular weight is 392 g/mol. The Morgan fingerprint density at radius 3 is 1.97 bits per heavy atom. The van der Waals surface area contributed by atoms with E-state index >= 15 is 0 Å². The molecule has 0 bridgehead atoms. The van der Waals surface area contributed by atoms with Gasteiger partial charge in [0.05, 0.1) is 7.11 Å². The van der Waals surface area contributed by atoms with E-state index in [2.05, 4.69) is 110 Å². The minimum absolute atomic E-state index is 0.332. The molecule has 1 atom stereocenters. The Bertz CT molecular complexity index is 1160. The maximum absolute atomic E-state index is 5.72. The molecular formula is C28H25NO. The summed E-state index contributed by atoms with van der Waals surface area (Å²) in [7, 11) is 1.76. The standard InChI is InChI=1S/C28H25NO/c1-19-14-17-26(30-3)28-24-16-15-23(18-25(24)20(2)27(19)28)29(21-10-6-4-7-11-21)22-12-8-5-9-13-22/h4-18,20H,1-3H3. The van der Waals surface area contributed by atoms with Gasteiger partial charge in [0.1, 0.15) is 5.75 Å². The fourth-order valence-corrected chi connectivity index (χ4v) is 4.74. The van der Waals surface area contributed by atoms with Gasteiger partial charge in [0, 0.05) is 28.5 Å². The first-order valence-electron chi connectivity index (χ1n) is 10.4. The first-order chi connectivity index (χ1) is 14.7. The first-order valence-corrected chi connectivity index (χ1v) is 10.4. The molecule has 1 unspecified atom stereocenters. The largest absolute Gasteiger partial charge is 0.496 e. The number of ether oxygens (including phenoxy) is 1. The smallest absolute Gasteiger partial charge is 0.127 e. The third kappa shape index (κ3) is 2.88. The van der Waals surface area contributed by atoms with Crippen LogP contribution in [0, 0.1) is 6.92 Å². The van der Waals surface area contributed by atoms with Crippen molar-refractivity contribution in [1.29, 1.82) is 0 Å². The second-order valence-electron chi connectivity index (χ2n) is 7.87. The molecule has 1 aliphatic carbocycles. The second kappa shape index (κ2) is 7.38. The number of aryl methyl sites for hydroxylation is 1. The molecule has 2 nitrogen and oxygen atoms in total. The molecule has 0 amide bonds. The van der Waals surface area contributed by atoms with Crippen LogP contribution in [0.15, 0.2) is 91.0 Å². The monoisotopic (exact) mass is 391 g/mol. The van der Waals surface area contributed by atoms with Gasteiger partial charge in [-0.05, 0) is 71.6 Å². The molecule has 2 heteroatoms. The van der Waals surface area contributed by atoms with Gasteiger partial charge in [-0.2, -0.15) is 0 Å². The molecule has 0 heterocycles. The number of nitrogens with zero attached hydrogens (tertiary/aromatic N) is 1. The van der Waals surface area contributed by atoms with Gasteiger partial charge in [-0.25, -0.2) is 0 Å². The van der Waals surface area contributed by atoms with Crippen molar-refractivity contribution >= 4 is 17.1 Å². The lowest BCUT2D eigenvalue weighted by Crippen LogP contribution is -2.10. The van der Waals surface area contributed by atoms with Gasteiger partial charge in [-0.3, -0.25) is 0 Å². The summed E-state index contributed by atoms with van der Waals surface area (Å²) >= 11 is 0. The highest BCUT2D eigenvalue weighted by atomic mass is 16.5. The van der Waals surface area contributed by atoms with Crippen LogP contribution in [0.2, 0.25) is 0 Å². The zero-order valence-electron chi connectivity index (χ0n) is 17.6. The predicted octanol–water partition coefficient (Wildman–Crippen LogP) is 7.61. The van der Waals surface area contributed by atoms with Crippen LogP contribution in [0.3, 0.4) is 0 Å². The van der Waals surface area contributed by atoms with Gasteiger partial charge in [0.2, 0.25) is 0 Å². The van der Waals surface area contributed by atoms with E-state index in [1.165, 1.54) is 33.5 Å². The topological polar surface area (TPSA) is 12.5 Å². The lowest BCUT2D eigenvalue weighted by atomic mass is 9.95. The SMILES string of the molecule is COc1ccc(C)c2c1-c1ccc(N(c3ccccc3)c3ccccc3)cc1C2C. The maximum atomic E-state index is 5.72. The van der Waals surface area contributed by atoms with Gasteiger partial charge >= 0.3 is 0 Å². The second-order valence-corrected chi connectivity index (χ2v) is 7.87. The molecule has 0 spiro atoms. The number of para-hydroxylation sites is 2. The molecule has 5 rings (SSSR count). The summed E-state index contributed by atoms with van der Waals surface area (Å²) in [4.78, 5) is 2.32. The summed E-state index contributed by atoms with van der Waals surface area (Å²) in [6, 6.07) is 32.2. The Labute approximate surface area is 178 Å². The average Bonchev–Trinajstić information content (AvgIpc) is 3.09. The highest BCUT2D eigenvalue weighted by Crippen LogP contribution is 2.51. The lowest BCUT2D eigenvalue weighted by Gasteiger charge is -2.26. The van der Waals surface area contributed by atoms with Gasteiger partial charge in [0.25, 0.3) is 0 Å². The Kier molecular flexibility index (Phi) is 4.55. The van der Waals surface area contributed by atoms with E-state index in [0.717, 1.165) is 17.1 Å². The van der Waals surface area contributed by atoms with E-state index in [1.54, 1.807) is 7.11 Å². The zero-order chi connectivity index (χ0) is 20.7. The number of hydrogen-bond donors (Lipinski definition) is 0. The Balaban J connectivity index is 1.69. The summed E-state index contributed by atoms with van der Waals surface area (Å²) in [6.45, 7) is 4.50. The number of rotatable bonds is 4. The van der Waals surface area contributed by atoms with Crippen LogP contribution in [-0.2, 0) is 0 Å². The third-order valence-corrected chi connectivity index (χ3v) is 6.14. The normalized spacial score (nSPS) is 14.2. The number of fused-ring (bicyclic) bond motifs is 3. The molecule has 0 saturated heterocycles. The van der Waals surface area contributed by atoms with Gasteiger partial charge < -0.3 is 9.64 Å². The van der Waals surface area contributed by atoms with E-state index in [-0.39, 0.29) is 0 Å². The van der Waals surface area contributed by atoms with Crippen LogP contribution < -0.4 is 9.64 Å². The molecular weight excluding hydrogens is 366 g/mol. The van der Waals surface area contributed by atoms with Crippen LogP contribution in [0.25, 0.3) is 11.1 Å². The summed E-state index contributed by atoms with van der Waals surface area (Å²) in [5, 5.41) is 0.